The summed E-state index contributed by atoms with van der Waals surface area (Å²) in [6, 6.07) is 18.8. The largest absolute Gasteiger partial charge is 0.494 e. The van der Waals surface area contributed by atoms with E-state index >= 15 is 0 Å². The van der Waals surface area contributed by atoms with Gasteiger partial charge in [0.2, 0.25) is 0 Å². The van der Waals surface area contributed by atoms with Crippen molar-refractivity contribution in [2.45, 2.75) is 24.8 Å². The zero-order valence-electron chi connectivity index (χ0n) is 12.5. The molecule has 0 aromatic heterocycles. The molecule has 0 saturated heterocycles. The Labute approximate surface area is 131 Å². The molecule has 0 amide bonds. The van der Waals surface area contributed by atoms with Crippen LogP contribution in [0.2, 0.25) is 0 Å². The quantitative estimate of drug-likeness (QED) is 0.549. The molecule has 0 spiro atoms. The molecule has 2 aromatic rings. The molecule has 2 nitrogen and oxygen atoms in total. The van der Waals surface area contributed by atoms with Crippen LogP contribution in [-0.2, 0) is 6.54 Å². The maximum Gasteiger partial charge on any atom is 0.119 e. The van der Waals surface area contributed by atoms with E-state index in [0.29, 0.717) is 0 Å². The molecule has 0 bridgehead atoms. The molecule has 0 fully saturated rings. The van der Waals surface area contributed by atoms with Crippen molar-refractivity contribution in [2.75, 3.05) is 18.9 Å². The van der Waals surface area contributed by atoms with Crippen LogP contribution in [-0.4, -0.2) is 18.9 Å². The SMILES string of the molecule is CCCOc1cccc(CNCCSc2ccccc2)c1. The van der Waals surface area contributed by atoms with Crippen LogP contribution in [0.5, 0.6) is 5.75 Å². The molecule has 0 aliphatic rings. The van der Waals surface area contributed by atoms with Gasteiger partial charge in [-0.05, 0) is 36.2 Å². The number of thioether (sulfide) groups is 1. The third kappa shape index (κ3) is 6.23. The summed E-state index contributed by atoms with van der Waals surface area (Å²) < 4.78 is 5.65. The Hall–Kier alpha value is -1.45. The summed E-state index contributed by atoms with van der Waals surface area (Å²) in [4.78, 5) is 1.33. The second-order valence-corrected chi connectivity index (χ2v) is 6.00. The van der Waals surface area contributed by atoms with Crippen molar-refractivity contribution in [3.8, 4) is 5.75 Å². The smallest absolute Gasteiger partial charge is 0.119 e. The summed E-state index contributed by atoms with van der Waals surface area (Å²) in [5.41, 5.74) is 1.27. The summed E-state index contributed by atoms with van der Waals surface area (Å²) in [5.74, 6) is 2.05. The lowest BCUT2D eigenvalue weighted by molar-refractivity contribution is 0.317. The second-order valence-electron chi connectivity index (χ2n) is 4.83. The predicted octanol–water partition coefficient (Wildman–Crippen LogP) is 4.36. The van der Waals surface area contributed by atoms with Gasteiger partial charge in [-0.15, -0.1) is 11.8 Å². The molecule has 3 heteroatoms. The molecule has 21 heavy (non-hydrogen) atoms. The van der Waals surface area contributed by atoms with Crippen molar-refractivity contribution in [2.24, 2.45) is 0 Å². The van der Waals surface area contributed by atoms with E-state index in [9.17, 15) is 0 Å². The van der Waals surface area contributed by atoms with Crippen LogP contribution in [0.1, 0.15) is 18.9 Å². The van der Waals surface area contributed by atoms with Crippen LogP contribution in [0.4, 0.5) is 0 Å². The Balaban J connectivity index is 1.66. The average molecular weight is 301 g/mol. The highest BCUT2D eigenvalue weighted by Crippen LogP contribution is 2.16. The lowest BCUT2D eigenvalue weighted by atomic mass is 10.2. The molecule has 0 heterocycles. The van der Waals surface area contributed by atoms with Gasteiger partial charge in [0, 0.05) is 23.7 Å². The van der Waals surface area contributed by atoms with Crippen LogP contribution in [0.15, 0.2) is 59.5 Å². The summed E-state index contributed by atoms with van der Waals surface area (Å²) in [6.45, 7) is 4.79. The molecule has 0 aliphatic carbocycles. The van der Waals surface area contributed by atoms with Crippen molar-refractivity contribution in [3.63, 3.8) is 0 Å². The molecule has 112 valence electrons. The number of nitrogens with one attached hydrogen (secondary N) is 1. The molecular weight excluding hydrogens is 278 g/mol. The molecule has 0 unspecified atom stereocenters. The van der Waals surface area contributed by atoms with Crippen molar-refractivity contribution in [3.05, 3.63) is 60.2 Å². The fourth-order valence-corrected chi connectivity index (χ4v) is 2.79. The summed E-state index contributed by atoms with van der Waals surface area (Å²) in [6.07, 6.45) is 1.04. The van der Waals surface area contributed by atoms with E-state index in [0.717, 1.165) is 37.6 Å². The van der Waals surface area contributed by atoms with Crippen molar-refractivity contribution < 1.29 is 4.74 Å². The van der Waals surface area contributed by atoms with Crippen LogP contribution in [0, 0.1) is 0 Å². The number of ether oxygens (including phenoxy) is 1. The molecule has 1 N–H and O–H groups in total. The van der Waals surface area contributed by atoms with Crippen LogP contribution in [0.3, 0.4) is 0 Å². The first-order valence-corrected chi connectivity index (χ1v) is 8.47. The lowest BCUT2D eigenvalue weighted by Crippen LogP contribution is -2.16. The predicted molar refractivity (Wildman–Crippen MR) is 91.1 cm³/mol. The molecule has 0 radical (unpaired) electrons. The highest BCUT2D eigenvalue weighted by molar-refractivity contribution is 7.99. The molecule has 0 aliphatic heterocycles. The summed E-state index contributed by atoms with van der Waals surface area (Å²) >= 11 is 1.88. The fourth-order valence-electron chi connectivity index (χ4n) is 1.96. The number of rotatable bonds is 9. The fraction of sp³-hybridized carbons (Fsp3) is 0.333. The van der Waals surface area contributed by atoms with Gasteiger partial charge in [0.05, 0.1) is 6.61 Å². The summed E-state index contributed by atoms with van der Waals surface area (Å²) in [7, 11) is 0. The van der Waals surface area contributed by atoms with Gasteiger partial charge in [-0.25, -0.2) is 0 Å². The minimum absolute atomic E-state index is 0.782. The van der Waals surface area contributed by atoms with E-state index in [1.807, 2.05) is 17.8 Å². The maximum atomic E-state index is 5.65. The number of benzene rings is 2. The lowest BCUT2D eigenvalue weighted by Gasteiger charge is -2.08. The molecule has 0 saturated carbocycles. The van der Waals surface area contributed by atoms with E-state index in [4.69, 9.17) is 4.74 Å². The average Bonchev–Trinajstić information content (AvgIpc) is 2.54. The van der Waals surface area contributed by atoms with E-state index in [1.165, 1.54) is 10.5 Å². The van der Waals surface area contributed by atoms with Gasteiger partial charge in [0.1, 0.15) is 5.75 Å². The minimum atomic E-state index is 0.782. The van der Waals surface area contributed by atoms with E-state index in [1.54, 1.807) is 0 Å². The molecule has 2 aromatic carbocycles. The number of hydrogen-bond acceptors (Lipinski definition) is 3. The van der Waals surface area contributed by atoms with Gasteiger partial charge in [-0.2, -0.15) is 0 Å². The highest BCUT2D eigenvalue weighted by atomic mass is 32.2. The van der Waals surface area contributed by atoms with Crippen molar-refractivity contribution in [1.82, 2.24) is 5.32 Å². The molecular formula is C18H23NOS. The zero-order chi connectivity index (χ0) is 14.8. The maximum absolute atomic E-state index is 5.65. The minimum Gasteiger partial charge on any atom is -0.494 e. The first-order chi connectivity index (χ1) is 10.4. The van der Waals surface area contributed by atoms with Crippen LogP contribution >= 0.6 is 11.8 Å². The Kier molecular flexibility index (Phi) is 7.19. The van der Waals surface area contributed by atoms with Gasteiger partial charge in [-0.1, -0.05) is 37.3 Å². The normalized spacial score (nSPS) is 10.5. The third-order valence-corrected chi connectivity index (χ3v) is 4.00. The second kappa shape index (κ2) is 9.48. The first kappa shape index (κ1) is 15.9. The van der Waals surface area contributed by atoms with Gasteiger partial charge >= 0.3 is 0 Å². The molecule has 0 atom stereocenters. The van der Waals surface area contributed by atoms with E-state index in [-0.39, 0.29) is 0 Å². The standard InChI is InChI=1S/C18H23NOS/c1-2-12-20-17-8-6-7-16(14-17)15-19-11-13-21-18-9-4-3-5-10-18/h3-10,14,19H,2,11-13,15H2,1H3. The third-order valence-electron chi connectivity index (χ3n) is 2.99. The van der Waals surface area contributed by atoms with Crippen LogP contribution < -0.4 is 10.1 Å². The van der Waals surface area contributed by atoms with Crippen molar-refractivity contribution in [1.29, 1.82) is 0 Å². The van der Waals surface area contributed by atoms with Gasteiger partial charge in [-0.3, -0.25) is 0 Å². The molecule has 2 rings (SSSR count). The summed E-state index contributed by atoms with van der Waals surface area (Å²) in [5, 5.41) is 3.48. The van der Waals surface area contributed by atoms with Crippen molar-refractivity contribution >= 4 is 11.8 Å². The van der Waals surface area contributed by atoms with E-state index in [2.05, 4.69) is 60.8 Å². The Morgan fingerprint density at radius 2 is 1.90 bits per heavy atom. The Morgan fingerprint density at radius 3 is 2.71 bits per heavy atom. The van der Waals surface area contributed by atoms with Gasteiger partial charge in [0.25, 0.3) is 0 Å². The Bertz CT molecular complexity index is 516. The monoisotopic (exact) mass is 301 g/mol. The zero-order valence-corrected chi connectivity index (χ0v) is 13.4. The Morgan fingerprint density at radius 1 is 1.05 bits per heavy atom. The highest BCUT2D eigenvalue weighted by Gasteiger charge is 1.97. The topological polar surface area (TPSA) is 21.3 Å². The van der Waals surface area contributed by atoms with E-state index < -0.39 is 0 Å². The first-order valence-electron chi connectivity index (χ1n) is 7.49. The van der Waals surface area contributed by atoms with Gasteiger partial charge in [0.15, 0.2) is 0 Å². The van der Waals surface area contributed by atoms with Gasteiger partial charge < -0.3 is 10.1 Å². The van der Waals surface area contributed by atoms with Crippen LogP contribution in [0.25, 0.3) is 0 Å². The number of hydrogen-bond donors (Lipinski definition) is 1.